The molecule has 0 aromatic heterocycles. The van der Waals surface area contributed by atoms with Crippen LogP contribution in [0.3, 0.4) is 0 Å². The van der Waals surface area contributed by atoms with Crippen LogP contribution in [0.1, 0.15) is 65.2 Å². The van der Waals surface area contributed by atoms with Gasteiger partial charge in [-0.3, -0.25) is 0 Å². The Bertz CT molecular complexity index is 314. The quantitative estimate of drug-likeness (QED) is 0.412. The summed E-state index contributed by atoms with van der Waals surface area (Å²) in [5.41, 5.74) is 0. The Kier molecular flexibility index (Phi) is 10.7. The Morgan fingerprint density at radius 1 is 1.08 bits per heavy atom. The van der Waals surface area contributed by atoms with Crippen LogP contribution in [0, 0.1) is 18.8 Å². The summed E-state index contributed by atoms with van der Waals surface area (Å²) in [7, 11) is 2.69. The third kappa shape index (κ3) is 7.52. The normalized spacial score (nSPS) is 27.0. The number of unbranched alkanes of at least 4 members (excludes halogenated alkanes) is 1. The minimum absolute atomic E-state index is 0.558. The first-order valence-electron chi connectivity index (χ1n) is 9.68. The molecule has 2 fully saturated rings. The second-order valence-electron chi connectivity index (χ2n) is 7.14. The second-order valence-corrected chi connectivity index (χ2v) is 10.2. The highest BCUT2D eigenvalue weighted by Gasteiger charge is 2.45. The van der Waals surface area contributed by atoms with Crippen LogP contribution >= 0.6 is 0 Å². The molecule has 0 spiro atoms. The third-order valence-corrected chi connectivity index (χ3v) is 8.21. The molecule has 1 saturated heterocycles. The van der Waals surface area contributed by atoms with Crippen molar-refractivity contribution in [3.05, 3.63) is 6.92 Å². The second kappa shape index (κ2) is 11.6. The van der Waals surface area contributed by atoms with E-state index in [9.17, 15) is 0 Å². The summed E-state index contributed by atoms with van der Waals surface area (Å²) >= 11 is 0. The molecule has 4 atom stereocenters. The highest BCUT2D eigenvalue weighted by atomic mass is 28.4. The number of epoxide rings is 1. The largest absolute Gasteiger partial charge is 0.500 e. The molecule has 4 nitrogen and oxygen atoms in total. The first-order valence-corrected chi connectivity index (χ1v) is 11.6. The first kappa shape index (κ1) is 22.1. The van der Waals surface area contributed by atoms with E-state index in [1.807, 2.05) is 0 Å². The summed E-state index contributed by atoms with van der Waals surface area (Å²) in [6.07, 6.45) is 11.2. The maximum atomic E-state index is 5.54. The molecule has 0 bridgehead atoms. The Labute approximate surface area is 151 Å². The van der Waals surface area contributed by atoms with Crippen LogP contribution < -0.4 is 0 Å². The molecule has 1 heterocycles. The topological polar surface area (TPSA) is 40.2 Å². The highest BCUT2D eigenvalue weighted by molar-refractivity contribution is 6.60. The molecule has 1 aliphatic carbocycles. The molecule has 24 heavy (non-hydrogen) atoms. The number of hydrogen-bond acceptors (Lipinski definition) is 4. The van der Waals surface area contributed by atoms with Gasteiger partial charge in [0.1, 0.15) is 0 Å². The van der Waals surface area contributed by atoms with Crippen LogP contribution in [0.25, 0.3) is 0 Å². The van der Waals surface area contributed by atoms with Gasteiger partial charge in [-0.1, -0.05) is 46.5 Å². The van der Waals surface area contributed by atoms with Gasteiger partial charge < -0.3 is 18.0 Å². The van der Waals surface area contributed by atoms with Crippen LogP contribution in [-0.4, -0.2) is 42.3 Å². The van der Waals surface area contributed by atoms with Crippen molar-refractivity contribution in [3.63, 3.8) is 0 Å². The molecule has 1 saturated carbocycles. The van der Waals surface area contributed by atoms with E-state index in [0.29, 0.717) is 18.1 Å². The number of fused-ring (bicyclic) bond motifs is 1. The Morgan fingerprint density at radius 3 is 2.25 bits per heavy atom. The molecular weight excluding hydrogens is 320 g/mol. The fraction of sp³-hybridized carbons (Fsp3) is 0.947. The van der Waals surface area contributed by atoms with Crippen LogP contribution in [-0.2, 0) is 18.0 Å². The zero-order valence-electron chi connectivity index (χ0n) is 16.5. The van der Waals surface area contributed by atoms with E-state index >= 15 is 0 Å². The minimum atomic E-state index is -2.35. The van der Waals surface area contributed by atoms with Gasteiger partial charge in [0.15, 0.2) is 0 Å². The molecule has 0 N–H and O–H groups in total. The molecule has 0 aromatic rings. The van der Waals surface area contributed by atoms with Gasteiger partial charge in [-0.2, -0.15) is 0 Å². The molecule has 2 rings (SSSR count). The van der Waals surface area contributed by atoms with Crippen molar-refractivity contribution in [2.75, 3.05) is 21.3 Å². The average molecular weight is 360 g/mol. The molecule has 4 unspecified atom stereocenters. The number of hydrogen-bond donors (Lipinski definition) is 0. The molecule has 5 heteroatoms. The maximum absolute atomic E-state index is 5.54. The third-order valence-electron chi connectivity index (χ3n) is 5.45. The van der Waals surface area contributed by atoms with Gasteiger partial charge in [-0.15, -0.1) is 0 Å². The van der Waals surface area contributed by atoms with E-state index in [-0.39, 0.29) is 0 Å². The summed E-state index contributed by atoms with van der Waals surface area (Å²) < 4.78 is 21.8. The van der Waals surface area contributed by atoms with E-state index in [4.69, 9.17) is 18.0 Å². The summed E-state index contributed by atoms with van der Waals surface area (Å²) in [5, 5.41) is 0. The number of rotatable bonds is 10. The lowest BCUT2D eigenvalue weighted by Gasteiger charge is -2.27. The fourth-order valence-corrected chi connectivity index (χ4v) is 5.26. The van der Waals surface area contributed by atoms with Gasteiger partial charge >= 0.3 is 8.80 Å². The molecule has 2 aliphatic rings. The Balaban J connectivity index is 0.000000307. The van der Waals surface area contributed by atoms with Crippen LogP contribution in [0.5, 0.6) is 0 Å². The molecule has 1 radical (unpaired) electrons. The zero-order chi connectivity index (χ0) is 18.0. The van der Waals surface area contributed by atoms with Gasteiger partial charge in [0.05, 0.1) is 12.2 Å². The molecule has 0 amide bonds. The van der Waals surface area contributed by atoms with Gasteiger partial charge in [0.2, 0.25) is 0 Å². The van der Waals surface area contributed by atoms with Crippen molar-refractivity contribution in [2.45, 2.75) is 83.5 Å². The smallest absolute Gasteiger partial charge is 0.377 e. The maximum Gasteiger partial charge on any atom is 0.500 e. The minimum Gasteiger partial charge on any atom is -0.377 e. The van der Waals surface area contributed by atoms with E-state index in [0.717, 1.165) is 18.4 Å². The fourth-order valence-electron chi connectivity index (χ4n) is 3.38. The van der Waals surface area contributed by atoms with Crippen molar-refractivity contribution >= 4 is 8.80 Å². The molecule has 143 valence electrons. The molecule has 1 aliphatic heterocycles. The lowest BCUT2D eigenvalue weighted by Crippen LogP contribution is -2.43. The van der Waals surface area contributed by atoms with Gasteiger partial charge in [0.25, 0.3) is 0 Å². The van der Waals surface area contributed by atoms with Crippen molar-refractivity contribution in [1.29, 1.82) is 0 Å². The van der Waals surface area contributed by atoms with Crippen molar-refractivity contribution in [2.24, 2.45) is 11.8 Å². The van der Waals surface area contributed by atoms with E-state index in [2.05, 4.69) is 20.8 Å². The summed E-state index contributed by atoms with van der Waals surface area (Å²) in [6.45, 7) is 8.42. The lowest BCUT2D eigenvalue weighted by atomic mass is 9.88. The summed E-state index contributed by atoms with van der Waals surface area (Å²) in [6, 6.07) is 0.915. The van der Waals surface area contributed by atoms with Gasteiger partial charge in [-0.25, -0.2) is 0 Å². The SMILES string of the molecule is CO[Si](CCC1CCC2OC2C1)(OC)OC.[CH2]C(CC)CCCC. The summed E-state index contributed by atoms with van der Waals surface area (Å²) in [5.74, 6) is 1.46. The predicted molar refractivity (Wildman–Crippen MR) is 101 cm³/mol. The van der Waals surface area contributed by atoms with Crippen molar-refractivity contribution in [1.82, 2.24) is 0 Å². The van der Waals surface area contributed by atoms with Crippen molar-refractivity contribution in [3.8, 4) is 0 Å². The first-order chi connectivity index (χ1) is 11.5. The lowest BCUT2D eigenvalue weighted by molar-refractivity contribution is 0.120. The predicted octanol–water partition coefficient (Wildman–Crippen LogP) is 4.86. The van der Waals surface area contributed by atoms with Gasteiger partial charge in [-0.05, 0) is 37.5 Å². The van der Waals surface area contributed by atoms with Crippen LogP contribution in [0.15, 0.2) is 0 Å². The zero-order valence-corrected chi connectivity index (χ0v) is 17.5. The highest BCUT2D eigenvalue weighted by Crippen LogP contribution is 2.41. The van der Waals surface area contributed by atoms with Gasteiger partial charge in [0, 0.05) is 27.4 Å². The van der Waals surface area contributed by atoms with Crippen LogP contribution in [0.4, 0.5) is 0 Å². The van der Waals surface area contributed by atoms with E-state index in [1.54, 1.807) is 21.3 Å². The van der Waals surface area contributed by atoms with Crippen molar-refractivity contribution < 1.29 is 18.0 Å². The molecule has 0 aromatic carbocycles. The monoisotopic (exact) mass is 359 g/mol. The van der Waals surface area contributed by atoms with E-state index < -0.39 is 8.80 Å². The summed E-state index contributed by atoms with van der Waals surface area (Å²) in [4.78, 5) is 0. The van der Waals surface area contributed by atoms with E-state index in [1.165, 1.54) is 44.9 Å². The number of ether oxygens (including phenoxy) is 1. The molecular formula is C19H39O4Si. The Morgan fingerprint density at radius 2 is 1.75 bits per heavy atom. The standard InChI is InChI=1S/C11H22O4Si.C8H17/c1-12-16(13-2,14-3)7-6-9-4-5-10-11(8-9)15-10;1-4-6-7-8(3)5-2/h9-11H,4-8H2,1-3H3;8H,3-7H2,1-2H3. The average Bonchev–Trinajstić information content (AvgIpc) is 3.40. The Hall–Kier alpha value is 0.0569. The van der Waals surface area contributed by atoms with Crippen LogP contribution in [0.2, 0.25) is 6.04 Å².